The lowest BCUT2D eigenvalue weighted by molar-refractivity contribution is -0.148. The molecule has 12 heteroatoms. The molecule has 3 aliphatic rings. The van der Waals surface area contributed by atoms with Crippen molar-refractivity contribution >= 4 is 23.4 Å². The third kappa shape index (κ3) is 4.18. The smallest absolute Gasteiger partial charge is 0.258 e. The summed E-state index contributed by atoms with van der Waals surface area (Å²) in [6.07, 6.45) is -0.204. The molecule has 0 spiro atoms. The van der Waals surface area contributed by atoms with Crippen molar-refractivity contribution in [3.8, 4) is 5.75 Å². The predicted molar refractivity (Wildman–Crippen MR) is 135 cm³/mol. The maximum Gasteiger partial charge on any atom is 0.258 e. The fourth-order valence-electron chi connectivity index (χ4n) is 5.92. The van der Waals surface area contributed by atoms with Crippen LogP contribution in [0.15, 0.2) is 28.7 Å². The SMILES string of the molecule is CN(C)[C@@H]1C(O)=C(C(N)=O)C(=O)[C@@]2(O)C(O)=C3C(=O)c4c(cc(F)c(C(=O)NCC(C)(C)C)c4O)C[C@H]3C[C@@H]12. The van der Waals surface area contributed by atoms with Crippen LogP contribution >= 0.6 is 0 Å². The number of allylic oxidation sites excluding steroid dienone is 1. The molecule has 1 aromatic carbocycles. The van der Waals surface area contributed by atoms with Crippen molar-refractivity contribution in [2.24, 2.45) is 23.0 Å². The van der Waals surface area contributed by atoms with E-state index in [4.69, 9.17) is 5.73 Å². The highest BCUT2D eigenvalue weighted by Crippen LogP contribution is 2.52. The average Bonchev–Trinajstić information content (AvgIpc) is 2.79. The number of phenols is 1. The minimum absolute atomic E-state index is 0.0792. The number of carbonyl (C=O) groups excluding carboxylic acids is 4. The number of ketones is 2. The van der Waals surface area contributed by atoms with Gasteiger partial charge in [0, 0.05) is 18.0 Å². The van der Waals surface area contributed by atoms with Crippen molar-refractivity contribution in [1.29, 1.82) is 0 Å². The van der Waals surface area contributed by atoms with E-state index in [1.165, 1.54) is 19.0 Å². The van der Waals surface area contributed by atoms with E-state index in [1.54, 1.807) is 0 Å². The molecule has 0 saturated heterocycles. The Morgan fingerprint density at radius 2 is 1.82 bits per heavy atom. The number of aromatic hydroxyl groups is 1. The first-order chi connectivity index (χ1) is 17.9. The molecule has 0 fully saturated rings. The maximum absolute atomic E-state index is 15.1. The van der Waals surface area contributed by atoms with Gasteiger partial charge in [0.25, 0.3) is 11.8 Å². The quantitative estimate of drug-likeness (QED) is 0.300. The molecule has 0 aromatic heterocycles. The number of amides is 2. The standard InChI is InChI=1S/C27H32FN3O8/c1-26(2,3)9-30-25(38)16-13(28)8-11-6-10-7-12-18(31(4)5)21(34)17(24(29)37)23(36)27(12,39)22(35)15(10)19(32)14(11)20(16)33/h8,10,12,18,33-35,39H,6-7,9H2,1-5H3,(H2,29,37)(H,30,38)/t10-,12-,18-,27-/m0/s1. The molecule has 3 aliphatic carbocycles. The van der Waals surface area contributed by atoms with Gasteiger partial charge in [-0.25, -0.2) is 4.39 Å². The predicted octanol–water partition coefficient (Wildman–Crippen LogP) is 1.04. The zero-order valence-electron chi connectivity index (χ0n) is 22.3. The number of aliphatic hydroxyl groups is 3. The van der Waals surface area contributed by atoms with E-state index in [0.29, 0.717) is 0 Å². The number of nitrogens with two attached hydrogens (primary N) is 1. The minimum Gasteiger partial charge on any atom is -0.510 e. The summed E-state index contributed by atoms with van der Waals surface area (Å²) in [7, 11) is 3.04. The van der Waals surface area contributed by atoms with Gasteiger partial charge in [0.05, 0.1) is 11.6 Å². The number of hydrogen-bond acceptors (Lipinski definition) is 9. The van der Waals surface area contributed by atoms with E-state index in [2.05, 4.69) is 5.32 Å². The van der Waals surface area contributed by atoms with Crippen LogP contribution in [0.25, 0.3) is 0 Å². The second kappa shape index (κ2) is 9.16. The average molecular weight is 546 g/mol. The lowest BCUT2D eigenvalue weighted by atomic mass is 9.58. The van der Waals surface area contributed by atoms with E-state index in [0.717, 1.165) is 6.07 Å². The van der Waals surface area contributed by atoms with Crippen molar-refractivity contribution in [2.75, 3.05) is 20.6 Å². The number of benzene rings is 1. The number of likely N-dealkylation sites (N-methyl/N-ethyl adjacent to an activating group) is 1. The molecule has 11 nitrogen and oxygen atoms in total. The first-order valence-electron chi connectivity index (χ1n) is 12.4. The molecular weight excluding hydrogens is 513 g/mol. The summed E-state index contributed by atoms with van der Waals surface area (Å²) in [4.78, 5) is 53.2. The number of nitrogens with zero attached hydrogens (tertiary/aromatic N) is 1. The van der Waals surface area contributed by atoms with Crippen molar-refractivity contribution in [3.63, 3.8) is 0 Å². The van der Waals surface area contributed by atoms with E-state index in [9.17, 15) is 39.6 Å². The molecular formula is C27H32FN3O8. The highest BCUT2D eigenvalue weighted by Gasteiger charge is 2.63. The third-order valence-electron chi connectivity index (χ3n) is 7.67. The van der Waals surface area contributed by atoms with E-state index in [1.807, 2.05) is 20.8 Å². The van der Waals surface area contributed by atoms with E-state index >= 15 is 4.39 Å². The van der Waals surface area contributed by atoms with Gasteiger partial charge in [-0.2, -0.15) is 0 Å². The van der Waals surface area contributed by atoms with Crippen molar-refractivity contribution in [2.45, 2.75) is 45.3 Å². The van der Waals surface area contributed by atoms with Gasteiger partial charge >= 0.3 is 0 Å². The first-order valence-corrected chi connectivity index (χ1v) is 12.4. The number of nitrogens with one attached hydrogen (secondary N) is 1. The van der Waals surface area contributed by atoms with Gasteiger partial charge in [-0.05, 0) is 49.9 Å². The van der Waals surface area contributed by atoms with Gasteiger partial charge in [0.2, 0.25) is 5.78 Å². The molecule has 4 atom stereocenters. The van der Waals surface area contributed by atoms with Crippen LogP contribution < -0.4 is 11.1 Å². The molecule has 0 bridgehead atoms. The molecule has 0 radical (unpaired) electrons. The number of rotatable bonds is 4. The van der Waals surface area contributed by atoms with Crippen LogP contribution in [0.2, 0.25) is 0 Å². The molecule has 1 aromatic rings. The Kier molecular flexibility index (Phi) is 6.64. The summed E-state index contributed by atoms with van der Waals surface area (Å²) in [5, 5.41) is 47.1. The number of primary amides is 1. The molecule has 0 unspecified atom stereocenters. The Hall–Kier alpha value is -3.77. The number of Topliss-reactive ketones (excluding diaryl/α,β-unsaturated/α-hetero) is 2. The lowest BCUT2D eigenvalue weighted by Crippen LogP contribution is -2.63. The Morgan fingerprint density at radius 1 is 1.21 bits per heavy atom. The van der Waals surface area contributed by atoms with E-state index in [-0.39, 0.29) is 30.4 Å². The summed E-state index contributed by atoms with van der Waals surface area (Å²) in [5.74, 6) is -10.3. The van der Waals surface area contributed by atoms with Gasteiger partial charge < -0.3 is 31.5 Å². The van der Waals surface area contributed by atoms with Crippen LogP contribution in [0.5, 0.6) is 5.75 Å². The topological polar surface area (TPSA) is 190 Å². The molecule has 2 amide bonds. The van der Waals surface area contributed by atoms with Crippen LogP contribution in [0.4, 0.5) is 4.39 Å². The van der Waals surface area contributed by atoms with Crippen molar-refractivity contribution < 1.29 is 44.0 Å². The highest BCUT2D eigenvalue weighted by atomic mass is 19.1. The molecule has 39 heavy (non-hydrogen) atoms. The molecule has 0 aliphatic heterocycles. The molecule has 0 heterocycles. The molecule has 4 rings (SSSR count). The number of aliphatic hydroxyl groups excluding tert-OH is 2. The fourth-order valence-corrected chi connectivity index (χ4v) is 5.92. The number of fused-ring (bicyclic) bond motifs is 3. The maximum atomic E-state index is 15.1. The van der Waals surface area contributed by atoms with Gasteiger partial charge in [0.15, 0.2) is 11.4 Å². The normalized spacial score (nSPS) is 26.8. The monoisotopic (exact) mass is 545 g/mol. The zero-order chi connectivity index (χ0) is 29.4. The lowest BCUT2D eigenvalue weighted by Gasteiger charge is -2.50. The van der Waals surface area contributed by atoms with Gasteiger partial charge in [0.1, 0.15) is 34.2 Å². The summed E-state index contributed by atoms with van der Waals surface area (Å²) >= 11 is 0. The highest BCUT2D eigenvalue weighted by molar-refractivity contribution is 6.25. The van der Waals surface area contributed by atoms with Crippen molar-refractivity contribution in [3.05, 3.63) is 51.2 Å². The van der Waals surface area contributed by atoms with Crippen LogP contribution in [0.1, 0.15) is 53.5 Å². The Balaban J connectivity index is 1.87. The summed E-state index contributed by atoms with van der Waals surface area (Å²) in [6.45, 7) is 5.66. The van der Waals surface area contributed by atoms with Crippen LogP contribution in [-0.4, -0.2) is 81.0 Å². The number of phenolic OH excluding ortho intramolecular Hbond substituents is 1. The Bertz CT molecular complexity index is 1390. The summed E-state index contributed by atoms with van der Waals surface area (Å²) < 4.78 is 15.1. The first kappa shape index (κ1) is 28.2. The van der Waals surface area contributed by atoms with Gasteiger partial charge in [-0.1, -0.05) is 20.8 Å². The van der Waals surface area contributed by atoms with Crippen LogP contribution in [0, 0.1) is 23.1 Å². The summed E-state index contributed by atoms with van der Waals surface area (Å²) in [6, 6.07) is -0.152. The third-order valence-corrected chi connectivity index (χ3v) is 7.67. The summed E-state index contributed by atoms with van der Waals surface area (Å²) in [5.41, 5.74) is -0.230. The molecule has 210 valence electrons. The number of hydrogen-bond donors (Lipinski definition) is 6. The Labute approximate surface area is 223 Å². The molecule has 7 N–H and O–H groups in total. The van der Waals surface area contributed by atoms with Crippen molar-refractivity contribution in [1.82, 2.24) is 10.2 Å². The second-order valence-electron chi connectivity index (χ2n) is 11.8. The van der Waals surface area contributed by atoms with Crippen LogP contribution in [-0.2, 0) is 16.0 Å². The minimum atomic E-state index is -2.78. The second-order valence-corrected chi connectivity index (χ2v) is 11.8. The van der Waals surface area contributed by atoms with Gasteiger partial charge in [-0.3, -0.25) is 24.1 Å². The largest absolute Gasteiger partial charge is 0.510 e. The van der Waals surface area contributed by atoms with E-state index < -0.39 is 92.2 Å². The Morgan fingerprint density at radius 3 is 2.36 bits per heavy atom. The zero-order valence-corrected chi connectivity index (χ0v) is 22.3. The molecule has 0 saturated carbocycles. The van der Waals surface area contributed by atoms with Gasteiger partial charge in [-0.15, -0.1) is 0 Å². The number of halogens is 1. The number of carbonyl (C=O) groups is 4. The fraction of sp³-hybridized carbons (Fsp3) is 0.481. The van der Waals surface area contributed by atoms with Crippen LogP contribution in [0.3, 0.4) is 0 Å².